The van der Waals surface area contributed by atoms with Crippen molar-refractivity contribution in [3.05, 3.63) is 111 Å². The van der Waals surface area contributed by atoms with Crippen molar-refractivity contribution in [2.45, 2.75) is 38.8 Å². The van der Waals surface area contributed by atoms with E-state index < -0.39 is 5.97 Å². The standard InChI is InChI=1S/C35H35N3O6S/c39-32(26-5-3-4-24(20-26)21-38-16-18-43-19-17-38)37-34-31(29-6-1-2-7-30(29)45-34)33(40)36-27-12-14-28(15-13-27)44-22-23-8-10-25(11-9-23)35(41)42/h3-5,8-15,20H,1-2,6-7,16-19,21-22H2,(H,36,40)(H,37,39)(H,41,42). The van der Waals surface area contributed by atoms with Crippen molar-refractivity contribution < 1.29 is 29.0 Å². The van der Waals surface area contributed by atoms with Crippen LogP contribution in [0.2, 0.25) is 0 Å². The molecule has 1 aromatic heterocycles. The molecule has 0 atom stereocenters. The molecule has 0 saturated carbocycles. The molecule has 1 saturated heterocycles. The Kier molecular flexibility index (Phi) is 9.54. The summed E-state index contributed by atoms with van der Waals surface area (Å²) in [6.45, 7) is 4.23. The number of anilines is 2. The number of aromatic carboxylic acids is 1. The molecule has 0 spiro atoms. The number of rotatable bonds is 10. The summed E-state index contributed by atoms with van der Waals surface area (Å²) in [5, 5.41) is 15.7. The number of carboxylic acid groups (broad SMARTS) is 1. The van der Waals surface area contributed by atoms with Crippen LogP contribution in [0, 0.1) is 0 Å². The van der Waals surface area contributed by atoms with Gasteiger partial charge in [-0.05, 0) is 90.9 Å². The van der Waals surface area contributed by atoms with E-state index in [1.807, 2.05) is 18.2 Å². The number of benzene rings is 3. The molecule has 10 heteroatoms. The highest BCUT2D eigenvalue weighted by Gasteiger charge is 2.27. The molecule has 2 aliphatic rings. The number of aryl methyl sites for hydroxylation is 1. The van der Waals surface area contributed by atoms with Gasteiger partial charge in [0.25, 0.3) is 11.8 Å². The third-order valence-electron chi connectivity index (χ3n) is 8.04. The Bertz CT molecular complexity index is 1680. The van der Waals surface area contributed by atoms with Gasteiger partial charge in [-0.2, -0.15) is 0 Å². The van der Waals surface area contributed by atoms with Gasteiger partial charge >= 0.3 is 5.97 Å². The second-order valence-corrected chi connectivity index (χ2v) is 12.3. The number of amides is 2. The van der Waals surface area contributed by atoms with Crippen molar-refractivity contribution >= 4 is 39.8 Å². The largest absolute Gasteiger partial charge is 0.489 e. The third-order valence-corrected chi connectivity index (χ3v) is 9.25. The molecule has 232 valence electrons. The monoisotopic (exact) mass is 625 g/mol. The first-order valence-corrected chi connectivity index (χ1v) is 16.0. The average molecular weight is 626 g/mol. The second-order valence-electron chi connectivity index (χ2n) is 11.2. The van der Waals surface area contributed by atoms with Gasteiger partial charge in [-0.15, -0.1) is 11.3 Å². The lowest BCUT2D eigenvalue weighted by Gasteiger charge is -2.26. The molecule has 0 unspecified atom stereocenters. The van der Waals surface area contributed by atoms with E-state index in [9.17, 15) is 14.4 Å². The Morgan fingerprint density at radius 3 is 2.36 bits per heavy atom. The van der Waals surface area contributed by atoms with E-state index in [1.54, 1.807) is 54.6 Å². The number of ether oxygens (including phenoxy) is 2. The summed E-state index contributed by atoms with van der Waals surface area (Å²) in [7, 11) is 0. The Morgan fingerprint density at radius 2 is 1.60 bits per heavy atom. The maximum Gasteiger partial charge on any atom is 0.335 e. The topological polar surface area (TPSA) is 117 Å². The zero-order chi connectivity index (χ0) is 31.2. The molecule has 2 amide bonds. The van der Waals surface area contributed by atoms with Crippen LogP contribution < -0.4 is 15.4 Å². The van der Waals surface area contributed by atoms with Crippen molar-refractivity contribution in [3.63, 3.8) is 0 Å². The van der Waals surface area contributed by atoms with Crippen LogP contribution in [0.1, 0.15) is 65.5 Å². The highest BCUT2D eigenvalue weighted by Crippen LogP contribution is 2.39. The number of carbonyl (C=O) groups is 3. The Balaban J connectivity index is 1.12. The van der Waals surface area contributed by atoms with Crippen LogP contribution in [0.15, 0.2) is 72.8 Å². The van der Waals surface area contributed by atoms with Crippen molar-refractivity contribution in [1.29, 1.82) is 0 Å². The summed E-state index contributed by atoms with van der Waals surface area (Å²) >= 11 is 1.50. The van der Waals surface area contributed by atoms with E-state index in [0.717, 1.165) is 80.1 Å². The SMILES string of the molecule is O=C(O)c1ccc(COc2ccc(NC(=O)c3c(NC(=O)c4cccc(CN5CCOCC5)c4)sc4c3CCCC4)cc2)cc1. The fourth-order valence-corrected chi connectivity index (χ4v) is 6.92. The summed E-state index contributed by atoms with van der Waals surface area (Å²) in [5.74, 6) is -0.835. The molecule has 2 heterocycles. The van der Waals surface area contributed by atoms with E-state index >= 15 is 0 Å². The summed E-state index contributed by atoms with van der Waals surface area (Å²) < 4.78 is 11.3. The lowest BCUT2D eigenvalue weighted by Crippen LogP contribution is -2.35. The van der Waals surface area contributed by atoms with E-state index in [1.165, 1.54) is 11.3 Å². The molecular weight excluding hydrogens is 590 g/mol. The summed E-state index contributed by atoms with van der Waals surface area (Å²) in [5.41, 5.74) is 4.87. The van der Waals surface area contributed by atoms with Crippen LogP contribution in [0.5, 0.6) is 5.75 Å². The maximum atomic E-state index is 13.7. The van der Waals surface area contributed by atoms with Crippen molar-refractivity contribution in [2.24, 2.45) is 0 Å². The Morgan fingerprint density at radius 1 is 0.844 bits per heavy atom. The number of hydrogen-bond acceptors (Lipinski definition) is 7. The zero-order valence-electron chi connectivity index (χ0n) is 24.8. The van der Waals surface area contributed by atoms with Crippen LogP contribution in [-0.2, 0) is 30.7 Å². The fraction of sp³-hybridized carbons (Fsp3) is 0.286. The predicted molar refractivity (Wildman–Crippen MR) is 174 cm³/mol. The second kappa shape index (κ2) is 14.1. The molecule has 1 aliphatic carbocycles. The zero-order valence-corrected chi connectivity index (χ0v) is 25.7. The summed E-state index contributed by atoms with van der Waals surface area (Å²) in [6.07, 6.45) is 3.78. The van der Waals surface area contributed by atoms with Crippen LogP contribution in [0.4, 0.5) is 10.7 Å². The summed E-state index contributed by atoms with van der Waals surface area (Å²) in [6, 6.07) is 21.3. The van der Waals surface area contributed by atoms with E-state index in [2.05, 4.69) is 15.5 Å². The lowest BCUT2D eigenvalue weighted by atomic mass is 9.95. The number of morpholine rings is 1. The van der Waals surface area contributed by atoms with Gasteiger partial charge in [0.2, 0.25) is 0 Å². The van der Waals surface area contributed by atoms with Gasteiger partial charge in [-0.3, -0.25) is 14.5 Å². The van der Waals surface area contributed by atoms with Crippen LogP contribution in [-0.4, -0.2) is 54.1 Å². The van der Waals surface area contributed by atoms with Crippen molar-refractivity contribution in [2.75, 3.05) is 36.9 Å². The van der Waals surface area contributed by atoms with Gasteiger partial charge in [0.05, 0.1) is 24.3 Å². The highest BCUT2D eigenvalue weighted by molar-refractivity contribution is 7.17. The molecule has 0 radical (unpaired) electrons. The van der Waals surface area contributed by atoms with E-state index in [0.29, 0.717) is 27.6 Å². The highest BCUT2D eigenvalue weighted by atomic mass is 32.1. The van der Waals surface area contributed by atoms with Gasteiger partial charge < -0.3 is 25.2 Å². The quantitative estimate of drug-likeness (QED) is 0.191. The fourth-order valence-electron chi connectivity index (χ4n) is 5.64. The Hall–Kier alpha value is -4.51. The molecule has 4 aromatic rings. The van der Waals surface area contributed by atoms with Crippen molar-refractivity contribution in [1.82, 2.24) is 4.90 Å². The van der Waals surface area contributed by atoms with Gasteiger partial charge in [0.1, 0.15) is 17.4 Å². The number of fused-ring (bicyclic) bond motifs is 1. The predicted octanol–water partition coefficient (Wildman–Crippen LogP) is 6.24. The number of carbonyl (C=O) groups excluding carboxylic acids is 2. The third kappa shape index (κ3) is 7.59. The van der Waals surface area contributed by atoms with E-state index in [-0.39, 0.29) is 24.0 Å². The molecule has 45 heavy (non-hydrogen) atoms. The van der Waals surface area contributed by atoms with Gasteiger partial charge in [-0.25, -0.2) is 4.79 Å². The van der Waals surface area contributed by atoms with Gasteiger partial charge in [-0.1, -0.05) is 24.3 Å². The van der Waals surface area contributed by atoms with Gasteiger partial charge in [0.15, 0.2) is 0 Å². The molecule has 9 nitrogen and oxygen atoms in total. The lowest BCUT2D eigenvalue weighted by molar-refractivity contribution is 0.0342. The first kappa shape index (κ1) is 30.5. The molecule has 6 rings (SSSR count). The van der Waals surface area contributed by atoms with Gasteiger partial charge in [0, 0.05) is 35.8 Å². The molecule has 1 fully saturated rings. The smallest absolute Gasteiger partial charge is 0.335 e. The number of hydrogen-bond donors (Lipinski definition) is 3. The Labute approximate surface area is 265 Å². The first-order valence-electron chi connectivity index (χ1n) is 15.1. The summed E-state index contributed by atoms with van der Waals surface area (Å²) in [4.78, 5) is 41.7. The van der Waals surface area contributed by atoms with Crippen molar-refractivity contribution in [3.8, 4) is 5.75 Å². The molecule has 3 aromatic carbocycles. The first-order chi connectivity index (χ1) is 21.9. The average Bonchev–Trinajstić information content (AvgIpc) is 3.43. The number of thiophene rings is 1. The normalized spacial score (nSPS) is 14.8. The molecule has 3 N–H and O–H groups in total. The minimum Gasteiger partial charge on any atom is -0.489 e. The van der Waals surface area contributed by atoms with E-state index in [4.69, 9.17) is 14.6 Å². The maximum absolute atomic E-state index is 13.7. The minimum atomic E-state index is -0.970. The molecule has 1 aliphatic heterocycles. The van der Waals surface area contributed by atoms with Crippen LogP contribution in [0.3, 0.4) is 0 Å². The van der Waals surface area contributed by atoms with Crippen LogP contribution in [0.25, 0.3) is 0 Å². The molecule has 0 bridgehead atoms. The number of nitrogens with zero attached hydrogens (tertiary/aromatic N) is 1. The number of nitrogens with one attached hydrogen (secondary N) is 2. The van der Waals surface area contributed by atoms with Crippen LogP contribution >= 0.6 is 11.3 Å². The molecular formula is C35H35N3O6S. The number of carboxylic acids is 1. The minimum absolute atomic E-state index is 0.224.